The summed E-state index contributed by atoms with van der Waals surface area (Å²) in [5.74, 6) is 1.01. The minimum absolute atomic E-state index is 0.210. The predicted molar refractivity (Wildman–Crippen MR) is 136 cm³/mol. The first-order valence-electron chi connectivity index (χ1n) is 10.8. The molecule has 0 fully saturated rings. The van der Waals surface area contributed by atoms with Crippen LogP contribution in [0.25, 0.3) is 16.7 Å². The van der Waals surface area contributed by atoms with Gasteiger partial charge in [0.15, 0.2) is 6.10 Å². The third kappa shape index (κ3) is 3.78. The summed E-state index contributed by atoms with van der Waals surface area (Å²) in [5.41, 5.74) is 3.77. The number of pyridine rings is 1. The van der Waals surface area contributed by atoms with Crippen LogP contribution in [0.1, 0.15) is 17.2 Å². The summed E-state index contributed by atoms with van der Waals surface area (Å²) in [7, 11) is 3.33. The maximum atomic E-state index is 13.4. The molecule has 0 amide bonds. The van der Waals surface area contributed by atoms with Crippen molar-refractivity contribution < 1.29 is 9.47 Å². The molecule has 0 aliphatic carbocycles. The van der Waals surface area contributed by atoms with Crippen LogP contribution in [0.5, 0.6) is 11.6 Å². The highest BCUT2D eigenvalue weighted by molar-refractivity contribution is 9.10. The van der Waals surface area contributed by atoms with Gasteiger partial charge in [0, 0.05) is 13.2 Å². The Bertz CT molecular complexity index is 1470. The summed E-state index contributed by atoms with van der Waals surface area (Å²) < 4.78 is 15.9. The van der Waals surface area contributed by atoms with Gasteiger partial charge in [-0.2, -0.15) is 0 Å². The van der Waals surface area contributed by atoms with Crippen LogP contribution in [0.15, 0.2) is 100 Å². The van der Waals surface area contributed by atoms with Gasteiger partial charge < -0.3 is 9.47 Å². The Balaban J connectivity index is 1.68. The number of imidazole rings is 1. The molecule has 0 aliphatic heterocycles. The number of aryl methyl sites for hydroxylation is 1. The van der Waals surface area contributed by atoms with E-state index >= 15 is 0 Å². The number of halogens is 1. The second kappa shape index (κ2) is 9.19. The Labute approximate surface area is 205 Å². The zero-order valence-corrected chi connectivity index (χ0v) is 20.3. The molecule has 34 heavy (non-hydrogen) atoms. The third-order valence-electron chi connectivity index (χ3n) is 5.76. The molecule has 2 heterocycles. The fraction of sp³-hybridized carbons (Fsp3) is 0.111. The van der Waals surface area contributed by atoms with Gasteiger partial charge in [-0.3, -0.25) is 9.13 Å². The number of ether oxygens (including phenoxy) is 2. The maximum absolute atomic E-state index is 13.4. The summed E-state index contributed by atoms with van der Waals surface area (Å²) in [5, 5.41) is 0. The van der Waals surface area contributed by atoms with Crippen molar-refractivity contribution in [1.29, 1.82) is 0 Å². The zero-order valence-electron chi connectivity index (χ0n) is 18.7. The monoisotopic (exact) mass is 515 g/mol. The smallest absolute Gasteiger partial charge is 0.333 e. The van der Waals surface area contributed by atoms with Crippen LogP contribution in [-0.4, -0.2) is 21.2 Å². The van der Waals surface area contributed by atoms with Crippen molar-refractivity contribution >= 4 is 27.0 Å². The van der Waals surface area contributed by atoms with Gasteiger partial charge in [0.2, 0.25) is 5.88 Å². The summed E-state index contributed by atoms with van der Waals surface area (Å²) >= 11 is 3.59. The fourth-order valence-electron chi connectivity index (χ4n) is 4.11. The highest BCUT2D eigenvalue weighted by Gasteiger charge is 2.23. The molecule has 0 unspecified atom stereocenters. The molecule has 170 valence electrons. The van der Waals surface area contributed by atoms with Gasteiger partial charge in [-0.15, -0.1) is 0 Å². The van der Waals surface area contributed by atoms with Crippen LogP contribution in [0, 0.1) is 0 Å². The van der Waals surface area contributed by atoms with Crippen molar-refractivity contribution in [2.24, 2.45) is 7.05 Å². The molecule has 0 atom stereocenters. The van der Waals surface area contributed by atoms with E-state index < -0.39 is 6.10 Å². The molecular weight excluding hydrogens is 494 g/mol. The van der Waals surface area contributed by atoms with E-state index in [1.807, 2.05) is 78.9 Å². The molecule has 2 aromatic heterocycles. The molecule has 0 saturated carbocycles. The number of hydrogen-bond acceptors (Lipinski definition) is 4. The summed E-state index contributed by atoms with van der Waals surface area (Å²) in [6.45, 7) is 0. The second-order valence-electron chi connectivity index (χ2n) is 7.77. The summed E-state index contributed by atoms with van der Waals surface area (Å²) in [6, 6.07) is 27.3. The van der Waals surface area contributed by atoms with E-state index in [1.54, 1.807) is 35.6 Å². The number of benzene rings is 3. The Morgan fingerprint density at radius 2 is 1.53 bits per heavy atom. The molecule has 3 aromatic carbocycles. The predicted octanol–water partition coefficient (Wildman–Crippen LogP) is 5.66. The van der Waals surface area contributed by atoms with Gasteiger partial charge in [-0.1, -0.05) is 60.7 Å². The number of hydrogen-bond donors (Lipinski definition) is 0. The van der Waals surface area contributed by atoms with Crippen molar-refractivity contribution in [2.75, 3.05) is 7.11 Å². The lowest BCUT2D eigenvalue weighted by Gasteiger charge is -2.21. The topological polar surface area (TPSA) is 58.3 Å². The molecule has 0 aliphatic rings. The summed E-state index contributed by atoms with van der Waals surface area (Å²) in [6.07, 6.45) is 1.27. The van der Waals surface area contributed by atoms with E-state index in [-0.39, 0.29) is 5.69 Å². The lowest BCUT2D eigenvalue weighted by atomic mass is 10.0. The van der Waals surface area contributed by atoms with Crippen LogP contribution in [-0.2, 0) is 7.05 Å². The number of nitrogens with zero attached hydrogens (tertiary/aromatic N) is 3. The van der Waals surface area contributed by atoms with Gasteiger partial charge in [0.05, 0.1) is 22.6 Å². The Morgan fingerprint density at radius 1 is 0.882 bits per heavy atom. The van der Waals surface area contributed by atoms with Crippen molar-refractivity contribution in [1.82, 2.24) is 14.1 Å². The third-order valence-corrected chi connectivity index (χ3v) is 6.53. The highest BCUT2D eigenvalue weighted by Crippen LogP contribution is 2.35. The molecule has 7 heteroatoms. The maximum Gasteiger partial charge on any atom is 0.333 e. The normalized spacial score (nSPS) is 11.2. The second-order valence-corrected chi connectivity index (χ2v) is 8.57. The van der Waals surface area contributed by atoms with Gasteiger partial charge in [-0.05, 0) is 51.3 Å². The molecule has 6 nitrogen and oxygen atoms in total. The van der Waals surface area contributed by atoms with Crippen molar-refractivity contribution in [3.8, 4) is 17.3 Å². The SMILES string of the molecule is COc1ccc2c(c1Br)n(C)c(=O)n2-c1cccnc1OC(c1ccccc1)c1ccccc1. The van der Waals surface area contributed by atoms with Crippen LogP contribution >= 0.6 is 15.9 Å². The number of methoxy groups -OCH3 is 1. The van der Waals surface area contributed by atoms with E-state index in [2.05, 4.69) is 20.9 Å². The zero-order chi connectivity index (χ0) is 23.7. The van der Waals surface area contributed by atoms with E-state index in [4.69, 9.17) is 9.47 Å². The van der Waals surface area contributed by atoms with Crippen LogP contribution < -0.4 is 15.2 Å². The lowest BCUT2D eigenvalue weighted by molar-refractivity contribution is 0.236. The standard InChI is InChI=1S/C27H22BrN3O3/c1-30-24-20(15-16-22(33-2)23(24)28)31(27(30)32)21-14-9-17-29-26(21)34-25(18-10-5-3-6-11-18)19-12-7-4-8-13-19/h3-17,25H,1-2H3. The van der Waals surface area contributed by atoms with E-state index in [0.717, 1.165) is 16.6 Å². The van der Waals surface area contributed by atoms with Crippen molar-refractivity contribution in [2.45, 2.75) is 6.10 Å². The highest BCUT2D eigenvalue weighted by atomic mass is 79.9. The average molecular weight is 516 g/mol. The van der Waals surface area contributed by atoms with E-state index in [1.165, 1.54) is 0 Å². The van der Waals surface area contributed by atoms with Crippen molar-refractivity contribution in [3.05, 3.63) is 117 Å². The van der Waals surface area contributed by atoms with Gasteiger partial charge >= 0.3 is 5.69 Å². The fourth-order valence-corrected chi connectivity index (χ4v) is 4.88. The molecule has 5 rings (SSSR count). The molecular formula is C27H22BrN3O3. The molecule has 0 radical (unpaired) electrons. The van der Waals surface area contributed by atoms with Gasteiger partial charge in [0.25, 0.3) is 0 Å². The molecule has 0 spiro atoms. The van der Waals surface area contributed by atoms with Gasteiger partial charge in [0.1, 0.15) is 11.4 Å². The Kier molecular flexibility index (Phi) is 5.94. The average Bonchev–Trinajstić information content (AvgIpc) is 3.14. The molecule has 5 aromatic rings. The Morgan fingerprint density at radius 3 is 2.15 bits per heavy atom. The lowest BCUT2D eigenvalue weighted by Crippen LogP contribution is -2.22. The minimum Gasteiger partial charge on any atom is -0.495 e. The number of aromatic nitrogens is 3. The number of fused-ring (bicyclic) bond motifs is 1. The minimum atomic E-state index is -0.395. The first-order valence-corrected chi connectivity index (χ1v) is 11.6. The number of rotatable bonds is 6. The van der Waals surface area contributed by atoms with Crippen LogP contribution in [0.2, 0.25) is 0 Å². The summed E-state index contributed by atoms with van der Waals surface area (Å²) in [4.78, 5) is 17.9. The van der Waals surface area contributed by atoms with Gasteiger partial charge in [-0.25, -0.2) is 9.78 Å². The Hall–Kier alpha value is -3.84. The quantitative estimate of drug-likeness (QED) is 0.292. The molecule has 0 bridgehead atoms. The molecule has 0 saturated heterocycles. The van der Waals surface area contributed by atoms with Crippen LogP contribution in [0.3, 0.4) is 0 Å². The molecule has 0 N–H and O–H groups in total. The van der Waals surface area contributed by atoms with E-state index in [0.29, 0.717) is 27.3 Å². The van der Waals surface area contributed by atoms with Crippen LogP contribution in [0.4, 0.5) is 0 Å². The largest absolute Gasteiger partial charge is 0.495 e. The first kappa shape index (κ1) is 22.0. The first-order chi connectivity index (χ1) is 16.6. The van der Waals surface area contributed by atoms with E-state index in [9.17, 15) is 4.79 Å². The van der Waals surface area contributed by atoms with Crippen molar-refractivity contribution in [3.63, 3.8) is 0 Å².